The highest BCUT2D eigenvalue weighted by Crippen LogP contribution is 2.23. The molecule has 1 atom stereocenters. The highest BCUT2D eigenvalue weighted by atomic mass is 79.9. The molecule has 0 aliphatic heterocycles. The van der Waals surface area contributed by atoms with Gasteiger partial charge in [0.1, 0.15) is 11.6 Å². The summed E-state index contributed by atoms with van der Waals surface area (Å²) in [6.07, 6.45) is 0.447. The molecule has 0 aliphatic rings. The monoisotopic (exact) mass is 377 g/mol. The normalized spacial score (nSPS) is 13.2. The average Bonchev–Trinajstić information content (AvgIpc) is 2.19. The van der Waals surface area contributed by atoms with Crippen molar-refractivity contribution in [3.63, 3.8) is 0 Å². The van der Waals surface area contributed by atoms with Crippen molar-refractivity contribution in [2.24, 2.45) is 5.73 Å². The van der Waals surface area contributed by atoms with Gasteiger partial charge in [-0.2, -0.15) is 0 Å². The smallest absolute Gasteiger partial charge is 0.323 e. The van der Waals surface area contributed by atoms with Crippen LogP contribution in [0.3, 0.4) is 0 Å². The SMILES string of the molecule is CC(C)(C)OC(=O)[C@@H](N)Cc1ccc(Br)cc1Br. The molecule has 100 valence electrons. The minimum absolute atomic E-state index is 0.377. The van der Waals surface area contributed by atoms with E-state index in [0.29, 0.717) is 6.42 Å². The van der Waals surface area contributed by atoms with Gasteiger partial charge in [-0.1, -0.05) is 37.9 Å². The lowest BCUT2D eigenvalue weighted by molar-refractivity contribution is -0.156. The fourth-order valence-electron chi connectivity index (χ4n) is 1.38. The number of ether oxygens (including phenoxy) is 1. The molecule has 0 bridgehead atoms. The molecular weight excluding hydrogens is 362 g/mol. The van der Waals surface area contributed by atoms with Crippen LogP contribution >= 0.6 is 31.9 Å². The first-order valence-electron chi connectivity index (χ1n) is 5.61. The van der Waals surface area contributed by atoms with Gasteiger partial charge in [0, 0.05) is 8.95 Å². The number of halogens is 2. The highest BCUT2D eigenvalue weighted by Gasteiger charge is 2.22. The molecule has 1 aromatic rings. The number of esters is 1. The Bertz CT molecular complexity index is 441. The predicted octanol–water partition coefficient (Wildman–Crippen LogP) is 3.42. The van der Waals surface area contributed by atoms with E-state index in [0.717, 1.165) is 14.5 Å². The molecule has 2 N–H and O–H groups in total. The summed E-state index contributed by atoms with van der Waals surface area (Å²) >= 11 is 6.83. The van der Waals surface area contributed by atoms with Gasteiger partial charge in [0.25, 0.3) is 0 Å². The maximum Gasteiger partial charge on any atom is 0.323 e. The van der Waals surface area contributed by atoms with Crippen molar-refractivity contribution in [1.29, 1.82) is 0 Å². The summed E-state index contributed by atoms with van der Waals surface area (Å²) in [6, 6.07) is 5.12. The average molecular weight is 379 g/mol. The molecule has 0 heterocycles. The lowest BCUT2D eigenvalue weighted by Crippen LogP contribution is -2.38. The number of nitrogens with two attached hydrogens (primary N) is 1. The van der Waals surface area contributed by atoms with Gasteiger partial charge in [-0.25, -0.2) is 0 Å². The molecule has 18 heavy (non-hydrogen) atoms. The second-order valence-electron chi connectivity index (χ2n) is 5.08. The van der Waals surface area contributed by atoms with Gasteiger partial charge in [-0.3, -0.25) is 4.79 Å². The van der Waals surface area contributed by atoms with Crippen LogP contribution in [-0.2, 0) is 16.0 Å². The lowest BCUT2D eigenvalue weighted by Gasteiger charge is -2.22. The largest absolute Gasteiger partial charge is 0.459 e. The molecule has 0 saturated carbocycles. The van der Waals surface area contributed by atoms with Crippen LogP contribution in [0.4, 0.5) is 0 Å². The molecule has 1 aromatic carbocycles. The minimum atomic E-state index is -0.651. The van der Waals surface area contributed by atoms with Gasteiger partial charge >= 0.3 is 5.97 Å². The van der Waals surface area contributed by atoms with Gasteiger partial charge in [0.05, 0.1) is 0 Å². The van der Waals surface area contributed by atoms with Crippen molar-refractivity contribution in [2.45, 2.75) is 38.8 Å². The van der Waals surface area contributed by atoms with E-state index in [1.807, 2.05) is 39.0 Å². The van der Waals surface area contributed by atoms with Crippen molar-refractivity contribution >= 4 is 37.8 Å². The Morgan fingerprint density at radius 3 is 2.50 bits per heavy atom. The predicted molar refractivity (Wildman–Crippen MR) is 79.4 cm³/mol. The standard InChI is InChI=1S/C13H17Br2NO2/c1-13(2,3)18-12(17)11(16)6-8-4-5-9(14)7-10(8)15/h4-5,7,11H,6,16H2,1-3H3/t11-/m0/s1. The van der Waals surface area contributed by atoms with Crippen LogP contribution in [0.1, 0.15) is 26.3 Å². The number of rotatable bonds is 3. The highest BCUT2D eigenvalue weighted by molar-refractivity contribution is 9.11. The molecule has 0 saturated heterocycles. The number of carbonyl (C=O) groups is 1. The summed E-state index contributed by atoms with van der Waals surface area (Å²) in [5, 5.41) is 0. The van der Waals surface area contributed by atoms with Crippen molar-refractivity contribution in [1.82, 2.24) is 0 Å². The molecule has 1 rings (SSSR count). The van der Waals surface area contributed by atoms with Crippen LogP contribution in [0.2, 0.25) is 0 Å². The van der Waals surface area contributed by atoms with E-state index < -0.39 is 11.6 Å². The van der Waals surface area contributed by atoms with Crippen molar-refractivity contribution < 1.29 is 9.53 Å². The Balaban J connectivity index is 2.69. The summed E-state index contributed by atoms with van der Waals surface area (Å²) in [4.78, 5) is 11.8. The Morgan fingerprint density at radius 1 is 1.39 bits per heavy atom. The van der Waals surface area contributed by atoms with Crippen molar-refractivity contribution in [2.75, 3.05) is 0 Å². The molecule has 0 radical (unpaired) electrons. The minimum Gasteiger partial charge on any atom is -0.459 e. The number of benzene rings is 1. The Labute approximate surface area is 124 Å². The van der Waals surface area contributed by atoms with E-state index in [1.165, 1.54) is 0 Å². The van der Waals surface area contributed by atoms with E-state index in [2.05, 4.69) is 31.9 Å². The summed E-state index contributed by atoms with van der Waals surface area (Å²) in [6.45, 7) is 5.48. The summed E-state index contributed by atoms with van der Waals surface area (Å²) < 4.78 is 7.15. The number of carbonyl (C=O) groups excluding carboxylic acids is 1. The first-order valence-corrected chi connectivity index (χ1v) is 7.20. The first kappa shape index (κ1) is 15.7. The topological polar surface area (TPSA) is 52.3 Å². The second kappa shape index (κ2) is 6.17. The summed E-state index contributed by atoms with van der Waals surface area (Å²) in [5.41, 5.74) is 6.33. The van der Waals surface area contributed by atoms with E-state index in [9.17, 15) is 4.79 Å². The third-order valence-corrected chi connectivity index (χ3v) is 3.40. The molecule has 0 aromatic heterocycles. The van der Waals surface area contributed by atoms with Crippen molar-refractivity contribution in [3.8, 4) is 0 Å². The second-order valence-corrected chi connectivity index (χ2v) is 6.85. The molecule has 0 aliphatic carbocycles. The molecule has 0 spiro atoms. The zero-order chi connectivity index (χ0) is 13.9. The number of hydrogen-bond acceptors (Lipinski definition) is 3. The molecule has 0 unspecified atom stereocenters. The zero-order valence-corrected chi connectivity index (χ0v) is 13.8. The van der Waals surface area contributed by atoms with Crippen molar-refractivity contribution in [3.05, 3.63) is 32.7 Å². The van der Waals surface area contributed by atoms with Gasteiger partial charge in [-0.15, -0.1) is 0 Å². The molecular formula is C13H17Br2NO2. The van der Waals surface area contributed by atoms with Gasteiger partial charge in [0.15, 0.2) is 0 Å². The van der Waals surface area contributed by atoms with Gasteiger partial charge in [-0.05, 0) is 44.9 Å². The fraction of sp³-hybridized carbons (Fsp3) is 0.462. The first-order chi connectivity index (χ1) is 8.19. The van der Waals surface area contributed by atoms with Crippen LogP contribution < -0.4 is 5.73 Å². The van der Waals surface area contributed by atoms with E-state index in [1.54, 1.807) is 0 Å². The fourth-order valence-corrected chi connectivity index (χ4v) is 2.59. The summed E-state index contributed by atoms with van der Waals surface area (Å²) in [5.74, 6) is -0.377. The van der Waals surface area contributed by atoms with E-state index in [-0.39, 0.29) is 5.97 Å². The Hall–Kier alpha value is -0.390. The van der Waals surface area contributed by atoms with Crippen LogP contribution in [-0.4, -0.2) is 17.6 Å². The van der Waals surface area contributed by atoms with Crippen LogP contribution in [0.25, 0.3) is 0 Å². The Kier molecular flexibility index (Phi) is 5.37. The molecule has 0 amide bonds. The number of hydrogen-bond donors (Lipinski definition) is 1. The quantitative estimate of drug-likeness (QED) is 0.819. The third-order valence-electron chi connectivity index (χ3n) is 2.16. The van der Waals surface area contributed by atoms with E-state index >= 15 is 0 Å². The molecule has 0 fully saturated rings. The zero-order valence-electron chi connectivity index (χ0n) is 10.7. The third kappa shape index (κ3) is 5.08. The van der Waals surface area contributed by atoms with Crippen LogP contribution in [0.5, 0.6) is 0 Å². The lowest BCUT2D eigenvalue weighted by atomic mass is 10.1. The van der Waals surface area contributed by atoms with E-state index in [4.69, 9.17) is 10.5 Å². The van der Waals surface area contributed by atoms with Gasteiger partial charge in [0.2, 0.25) is 0 Å². The Morgan fingerprint density at radius 2 is 2.00 bits per heavy atom. The summed E-state index contributed by atoms with van der Waals surface area (Å²) in [7, 11) is 0. The van der Waals surface area contributed by atoms with Crippen LogP contribution in [0.15, 0.2) is 27.1 Å². The molecule has 5 heteroatoms. The maximum atomic E-state index is 11.8. The van der Waals surface area contributed by atoms with Gasteiger partial charge < -0.3 is 10.5 Å². The van der Waals surface area contributed by atoms with Crippen LogP contribution in [0, 0.1) is 0 Å². The maximum absolute atomic E-state index is 11.8. The molecule has 3 nitrogen and oxygen atoms in total.